The van der Waals surface area contributed by atoms with E-state index in [0.29, 0.717) is 18.6 Å². The topological polar surface area (TPSA) is 40.5 Å². The summed E-state index contributed by atoms with van der Waals surface area (Å²) >= 11 is 3.69. The van der Waals surface area contributed by atoms with Crippen LogP contribution in [0.15, 0.2) is 95.6 Å². The molecule has 0 bridgehead atoms. The number of nitrogens with zero attached hydrogens (tertiary/aromatic N) is 1. The van der Waals surface area contributed by atoms with Crippen LogP contribution >= 0.6 is 15.9 Å². The number of halogens is 1. The maximum absolute atomic E-state index is 11.7. The average Bonchev–Trinajstić information content (AvgIpc) is 3.28. The van der Waals surface area contributed by atoms with E-state index in [4.69, 9.17) is 9.47 Å². The molecule has 0 amide bonds. The maximum Gasteiger partial charge on any atom is 0.337 e. The van der Waals surface area contributed by atoms with Gasteiger partial charge in [-0.15, -0.1) is 0 Å². The molecule has 0 saturated carbocycles. The van der Waals surface area contributed by atoms with E-state index in [2.05, 4.69) is 38.7 Å². The van der Waals surface area contributed by atoms with Gasteiger partial charge < -0.3 is 14.0 Å². The summed E-state index contributed by atoms with van der Waals surface area (Å²) in [5, 5.41) is 0. The lowest BCUT2D eigenvalue weighted by Crippen LogP contribution is -2.05. The molecule has 4 aromatic rings. The van der Waals surface area contributed by atoms with E-state index in [0.717, 1.165) is 32.7 Å². The van der Waals surface area contributed by atoms with Gasteiger partial charge in [0.2, 0.25) is 0 Å². The molecule has 31 heavy (non-hydrogen) atoms. The SMILES string of the molecule is COC(=O)c1ccc(-n2cccc2Cc2c(Br)cccc2OCc2ccccc2)cc1. The van der Waals surface area contributed by atoms with E-state index in [1.807, 2.05) is 60.8 Å². The van der Waals surface area contributed by atoms with Gasteiger partial charge in [0, 0.05) is 34.0 Å². The normalized spacial score (nSPS) is 10.6. The summed E-state index contributed by atoms with van der Waals surface area (Å²) < 4.78 is 14.1. The molecule has 0 saturated heterocycles. The van der Waals surface area contributed by atoms with Crippen LogP contribution in [-0.4, -0.2) is 17.6 Å². The molecule has 0 spiro atoms. The Labute approximate surface area is 190 Å². The van der Waals surface area contributed by atoms with Gasteiger partial charge in [-0.2, -0.15) is 0 Å². The fourth-order valence-corrected chi connectivity index (χ4v) is 3.94. The second kappa shape index (κ2) is 9.67. The highest BCUT2D eigenvalue weighted by Gasteiger charge is 2.13. The Balaban J connectivity index is 1.58. The Morgan fingerprint density at radius 3 is 2.42 bits per heavy atom. The van der Waals surface area contributed by atoms with E-state index in [1.165, 1.54) is 7.11 Å². The lowest BCUT2D eigenvalue weighted by molar-refractivity contribution is 0.0600. The van der Waals surface area contributed by atoms with Gasteiger partial charge in [-0.1, -0.05) is 52.3 Å². The van der Waals surface area contributed by atoms with E-state index in [-0.39, 0.29) is 5.97 Å². The second-order valence-corrected chi connectivity index (χ2v) is 7.93. The lowest BCUT2D eigenvalue weighted by Gasteiger charge is -2.15. The zero-order valence-corrected chi connectivity index (χ0v) is 18.7. The number of rotatable bonds is 7. The summed E-state index contributed by atoms with van der Waals surface area (Å²) in [5.41, 5.74) is 4.84. The summed E-state index contributed by atoms with van der Waals surface area (Å²) in [4.78, 5) is 11.7. The number of hydrogen-bond acceptors (Lipinski definition) is 3. The predicted octanol–water partition coefficient (Wildman–Crippen LogP) is 6.20. The Morgan fingerprint density at radius 2 is 1.68 bits per heavy atom. The van der Waals surface area contributed by atoms with Crippen LogP contribution in [0, 0.1) is 0 Å². The third kappa shape index (κ3) is 4.89. The molecule has 0 aliphatic carbocycles. The average molecular weight is 476 g/mol. The van der Waals surface area contributed by atoms with Crippen molar-refractivity contribution in [2.24, 2.45) is 0 Å². The Kier molecular flexibility index (Phi) is 6.53. The summed E-state index contributed by atoms with van der Waals surface area (Å²) in [7, 11) is 1.38. The van der Waals surface area contributed by atoms with Crippen molar-refractivity contribution < 1.29 is 14.3 Å². The number of methoxy groups -OCH3 is 1. The van der Waals surface area contributed by atoms with Crippen molar-refractivity contribution in [2.45, 2.75) is 13.0 Å². The van der Waals surface area contributed by atoms with Crippen molar-refractivity contribution in [3.05, 3.63) is 118 Å². The standard InChI is InChI=1S/C26H22BrNO3/c1-30-26(29)20-12-14-21(15-13-20)28-16-6-9-22(28)17-23-24(27)10-5-11-25(23)31-18-19-7-3-2-4-8-19/h2-16H,17-18H2,1H3. The van der Waals surface area contributed by atoms with Gasteiger partial charge in [-0.25, -0.2) is 4.79 Å². The maximum atomic E-state index is 11.7. The molecule has 4 rings (SSSR count). The molecular formula is C26H22BrNO3. The monoisotopic (exact) mass is 475 g/mol. The minimum Gasteiger partial charge on any atom is -0.489 e. The second-order valence-electron chi connectivity index (χ2n) is 7.08. The zero-order valence-electron chi connectivity index (χ0n) is 17.1. The zero-order chi connectivity index (χ0) is 21.6. The number of carbonyl (C=O) groups excluding carboxylic acids is 1. The first-order valence-electron chi connectivity index (χ1n) is 9.95. The number of esters is 1. The summed E-state index contributed by atoms with van der Waals surface area (Å²) in [6.07, 6.45) is 2.71. The number of benzene rings is 3. The number of hydrogen-bond donors (Lipinski definition) is 0. The van der Waals surface area contributed by atoms with E-state index < -0.39 is 0 Å². The number of aromatic nitrogens is 1. The molecule has 0 fully saturated rings. The predicted molar refractivity (Wildman–Crippen MR) is 125 cm³/mol. The molecule has 156 valence electrons. The van der Waals surface area contributed by atoms with Gasteiger partial charge in [0.25, 0.3) is 0 Å². The smallest absolute Gasteiger partial charge is 0.337 e. The molecule has 4 nitrogen and oxygen atoms in total. The van der Waals surface area contributed by atoms with Crippen LogP contribution in [0.2, 0.25) is 0 Å². The van der Waals surface area contributed by atoms with Crippen molar-refractivity contribution in [3.8, 4) is 11.4 Å². The molecule has 0 aliphatic heterocycles. The molecule has 3 aromatic carbocycles. The van der Waals surface area contributed by atoms with Crippen molar-refractivity contribution in [3.63, 3.8) is 0 Å². The quantitative estimate of drug-likeness (QED) is 0.299. The molecular weight excluding hydrogens is 454 g/mol. The van der Waals surface area contributed by atoms with Gasteiger partial charge >= 0.3 is 5.97 Å². The molecule has 0 radical (unpaired) electrons. The van der Waals surface area contributed by atoms with E-state index in [9.17, 15) is 4.79 Å². The van der Waals surface area contributed by atoms with Gasteiger partial charge in [-0.05, 0) is 54.1 Å². The minimum absolute atomic E-state index is 0.340. The lowest BCUT2D eigenvalue weighted by atomic mass is 10.1. The van der Waals surface area contributed by atoms with Crippen LogP contribution in [0.25, 0.3) is 5.69 Å². The molecule has 1 aromatic heterocycles. The van der Waals surface area contributed by atoms with Gasteiger partial charge in [0.1, 0.15) is 12.4 Å². The molecule has 1 heterocycles. The third-order valence-electron chi connectivity index (χ3n) is 5.07. The molecule has 0 aliphatic rings. The highest BCUT2D eigenvalue weighted by atomic mass is 79.9. The van der Waals surface area contributed by atoms with Gasteiger partial charge in [0.15, 0.2) is 0 Å². The first-order valence-corrected chi connectivity index (χ1v) is 10.7. The highest BCUT2D eigenvalue weighted by molar-refractivity contribution is 9.10. The Bertz CT molecular complexity index is 1170. The minimum atomic E-state index is -0.340. The van der Waals surface area contributed by atoms with Crippen molar-refractivity contribution in [2.75, 3.05) is 7.11 Å². The van der Waals surface area contributed by atoms with Gasteiger partial charge in [0.05, 0.1) is 12.7 Å². The van der Waals surface area contributed by atoms with Gasteiger partial charge in [-0.3, -0.25) is 0 Å². The van der Waals surface area contributed by atoms with Crippen molar-refractivity contribution in [1.29, 1.82) is 0 Å². The molecule has 5 heteroatoms. The summed E-state index contributed by atoms with van der Waals surface area (Å²) in [6.45, 7) is 0.514. The fourth-order valence-electron chi connectivity index (χ4n) is 3.45. The molecule has 0 atom stereocenters. The largest absolute Gasteiger partial charge is 0.489 e. The molecule has 0 N–H and O–H groups in total. The van der Waals surface area contributed by atoms with Crippen LogP contribution in [0.4, 0.5) is 0 Å². The van der Waals surface area contributed by atoms with Crippen molar-refractivity contribution in [1.82, 2.24) is 4.57 Å². The van der Waals surface area contributed by atoms with Crippen LogP contribution < -0.4 is 4.74 Å². The Hall–Kier alpha value is -3.31. The Morgan fingerprint density at radius 1 is 0.903 bits per heavy atom. The first-order chi connectivity index (χ1) is 15.2. The third-order valence-corrected chi connectivity index (χ3v) is 5.81. The van der Waals surface area contributed by atoms with Crippen LogP contribution in [0.5, 0.6) is 5.75 Å². The number of carbonyl (C=O) groups is 1. The van der Waals surface area contributed by atoms with Crippen LogP contribution in [0.1, 0.15) is 27.2 Å². The molecule has 0 unspecified atom stereocenters. The van der Waals surface area contributed by atoms with Crippen LogP contribution in [-0.2, 0) is 17.8 Å². The van der Waals surface area contributed by atoms with Crippen molar-refractivity contribution >= 4 is 21.9 Å². The fraction of sp³-hybridized carbons (Fsp3) is 0.115. The number of ether oxygens (including phenoxy) is 2. The highest BCUT2D eigenvalue weighted by Crippen LogP contribution is 2.31. The summed E-state index contributed by atoms with van der Waals surface area (Å²) in [5.74, 6) is 0.514. The van der Waals surface area contributed by atoms with E-state index >= 15 is 0 Å². The van der Waals surface area contributed by atoms with Crippen LogP contribution in [0.3, 0.4) is 0 Å². The summed E-state index contributed by atoms with van der Waals surface area (Å²) in [6, 6.07) is 27.7. The first kappa shape index (κ1) is 20.9. The van der Waals surface area contributed by atoms with E-state index in [1.54, 1.807) is 12.1 Å².